The molecule has 1 amide bonds. The van der Waals surface area contributed by atoms with Gasteiger partial charge in [-0.3, -0.25) is 4.79 Å². The van der Waals surface area contributed by atoms with E-state index < -0.39 is 17.9 Å². The van der Waals surface area contributed by atoms with Crippen LogP contribution in [0, 0.1) is 5.92 Å². The number of carbonyl (C=O) groups is 2. The molecule has 0 aliphatic heterocycles. The molecule has 1 saturated carbocycles. The van der Waals surface area contributed by atoms with Gasteiger partial charge >= 0.3 is 5.97 Å². The van der Waals surface area contributed by atoms with Crippen LogP contribution in [0.25, 0.3) is 6.08 Å². The second-order valence-electron chi connectivity index (χ2n) is 5.30. The molecule has 2 rings (SSSR count). The van der Waals surface area contributed by atoms with E-state index in [1.807, 2.05) is 6.07 Å². The summed E-state index contributed by atoms with van der Waals surface area (Å²) >= 11 is 0. The van der Waals surface area contributed by atoms with E-state index in [1.54, 1.807) is 6.07 Å². The lowest BCUT2D eigenvalue weighted by molar-refractivity contribution is -0.141. The first-order chi connectivity index (χ1) is 10.0. The Morgan fingerprint density at radius 2 is 2.24 bits per heavy atom. The predicted molar refractivity (Wildman–Crippen MR) is 75.5 cm³/mol. The quantitative estimate of drug-likeness (QED) is 0.659. The van der Waals surface area contributed by atoms with Gasteiger partial charge in [0.25, 0.3) is 0 Å². The average Bonchev–Trinajstić information content (AvgIpc) is 2.99. The van der Waals surface area contributed by atoms with Crippen LogP contribution in [0.2, 0.25) is 0 Å². The summed E-state index contributed by atoms with van der Waals surface area (Å²) in [6, 6.07) is 2.59. The third-order valence-corrected chi connectivity index (χ3v) is 3.55. The van der Waals surface area contributed by atoms with Crippen LogP contribution in [0.15, 0.2) is 22.6 Å². The molecule has 1 heterocycles. The van der Waals surface area contributed by atoms with E-state index in [0.717, 1.165) is 12.2 Å². The predicted octanol–water partition coefficient (Wildman–Crippen LogP) is 1.37. The van der Waals surface area contributed by atoms with Crippen LogP contribution in [0.3, 0.4) is 0 Å². The van der Waals surface area contributed by atoms with Gasteiger partial charge in [0, 0.05) is 25.0 Å². The number of furan rings is 1. The molecule has 114 valence electrons. The van der Waals surface area contributed by atoms with Crippen molar-refractivity contribution in [3.63, 3.8) is 0 Å². The summed E-state index contributed by atoms with van der Waals surface area (Å²) in [7, 11) is 0. The molecule has 1 aliphatic rings. The highest BCUT2D eigenvalue weighted by atomic mass is 16.4. The second-order valence-corrected chi connectivity index (χ2v) is 5.30. The second kappa shape index (κ2) is 6.58. The highest BCUT2D eigenvalue weighted by molar-refractivity contribution is 5.94. The fraction of sp³-hybridized carbons (Fsp3) is 0.467. The number of aliphatic carboxylic acids is 1. The molecule has 0 aromatic carbocycles. The summed E-state index contributed by atoms with van der Waals surface area (Å²) in [6.07, 6.45) is 3.83. The largest absolute Gasteiger partial charge is 0.480 e. The van der Waals surface area contributed by atoms with Crippen molar-refractivity contribution in [2.75, 3.05) is 6.61 Å². The number of aliphatic hydroxyl groups excluding tert-OH is 1. The van der Waals surface area contributed by atoms with Crippen LogP contribution in [-0.4, -0.2) is 34.7 Å². The topological polar surface area (TPSA) is 99.8 Å². The molecule has 1 aromatic rings. The van der Waals surface area contributed by atoms with E-state index in [4.69, 9.17) is 14.6 Å². The number of hydrogen-bond acceptors (Lipinski definition) is 4. The summed E-state index contributed by atoms with van der Waals surface area (Å²) in [6.45, 7) is 1.85. The molecular formula is C15H19NO5. The van der Waals surface area contributed by atoms with E-state index in [1.165, 1.54) is 12.2 Å². The van der Waals surface area contributed by atoms with Crippen LogP contribution in [0.1, 0.15) is 37.2 Å². The first-order valence-corrected chi connectivity index (χ1v) is 6.93. The van der Waals surface area contributed by atoms with E-state index in [0.29, 0.717) is 17.6 Å². The molecule has 0 radical (unpaired) electrons. The molecule has 3 atom stereocenters. The van der Waals surface area contributed by atoms with Crippen molar-refractivity contribution in [1.82, 2.24) is 5.32 Å². The summed E-state index contributed by atoms with van der Waals surface area (Å²) in [5.41, 5.74) is 0. The molecule has 3 unspecified atom stereocenters. The average molecular weight is 293 g/mol. The Hall–Kier alpha value is -2.08. The zero-order valence-corrected chi connectivity index (χ0v) is 11.8. The molecule has 0 spiro atoms. The number of carbonyl (C=O) groups excluding carboxylic acids is 1. The third kappa shape index (κ3) is 4.19. The highest BCUT2D eigenvalue weighted by Gasteiger charge is 2.36. The summed E-state index contributed by atoms with van der Waals surface area (Å²) < 4.78 is 5.61. The lowest BCUT2D eigenvalue weighted by atomic mass is 10.2. The molecule has 0 bridgehead atoms. The molecule has 6 heteroatoms. The maximum Gasteiger partial charge on any atom is 0.326 e. The summed E-state index contributed by atoms with van der Waals surface area (Å²) in [5.74, 6) is 0.898. The van der Waals surface area contributed by atoms with Gasteiger partial charge in [0.1, 0.15) is 17.6 Å². The number of carboxylic acids is 1. The molecule has 1 fully saturated rings. The van der Waals surface area contributed by atoms with E-state index in [2.05, 4.69) is 12.2 Å². The van der Waals surface area contributed by atoms with E-state index in [9.17, 15) is 9.59 Å². The van der Waals surface area contributed by atoms with Crippen molar-refractivity contribution in [2.45, 2.75) is 31.7 Å². The molecule has 1 aliphatic carbocycles. The fourth-order valence-corrected chi connectivity index (χ4v) is 2.14. The number of rotatable bonds is 7. The molecular weight excluding hydrogens is 274 g/mol. The molecule has 6 nitrogen and oxygen atoms in total. The first kappa shape index (κ1) is 15.3. The Kier molecular flexibility index (Phi) is 4.80. The Morgan fingerprint density at radius 1 is 1.52 bits per heavy atom. The van der Waals surface area contributed by atoms with Gasteiger partial charge in [0.05, 0.1) is 0 Å². The highest BCUT2D eigenvalue weighted by Crippen LogP contribution is 2.47. The minimum absolute atomic E-state index is 0.0284. The zero-order valence-electron chi connectivity index (χ0n) is 11.8. The fourth-order valence-electron chi connectivity index (χ4n) is 2.14. The SMILES string of the molecule is CC1CC1c1ccc(C=CC(=O)NC(CCO)C(=O)O)o1. The summed E-state index contributed by atoms with van der Waals surface area (Å²) in [5, 5.41) is 19.9. The van der Waals surface area contributed by atoms with Gasteiger partial charge in [-0.1, -0.05) is 6.92 Å². The lowest BCUT2D eigenvalue weighted by Gasteiger charge is -2.10. The molecule has 3 N–H and O–H groups in total. The minimum Gasteiger partial charge on any atom is -0.480 e. The standard InChI is InChI=1S/C15H19NO5/c1-9-8-11(9)13-4-2-10(21-13)3-5-14(18)16-12(6-7-17)15(19)20/h2-5,9,11-12,17H,6-8H2,1H3,(H,16,18)(H,19,20). The Labute approximate surface area is 122 Å². The van der Waals surface area contributed by atoms with Crippen molar-refractivity contribution >= 4 is 18.0 Å². The Morgan fingerprint density at radius 3 is 2.81 bits per heavy atom. The summed E-state index contributed by atoms with van der Waals surface area (Å²) in [4.78, 5) is 22.5. The van der Waals surface area contributed by atoms with Gasteiger partial charge in [0.2, 0.25) is 5.91 Å². The van der Waals surface area contributed by atoms with Crippen LogP contribution >= 0.6 is 0 Å². The van der Waals surface area contributed by atoms with Gasteiger partial charge in [-0.25, -0.2) is 4.79 Å². The first-order valence-electron chi connectivity index (χ1n) is 6.93. The van der Waals surface area contributed by atoms with Crippen molar-refractivity contribution in [3.8, 4) is 0 Å². The maximum atomic E-state index is 11.6. The number of aliphatic hydroxyl groups is 1. The van der Waals surface area contributed by atoms with Crippen LogP contribution in [-0.2, 0) is 9.59 Å². The van der Waals surface area contributed by atoms with Crippen molar-refractivity contribution in [2.24, 2.45) is 5.92 Å². The molecule has 21 heavy (non-hydrogen) atoms. The van der Waals surface area contributed by atoms with Gasteiger partial charge in [-0.2, -0.15) is 0 Å². The third-order valence-electron chi connectivity index (χ3n) is 3.55. The minimum atomic E-state index is -1.17. The number of amides is 1. The maximum absolute atomic E-state index is 11.6. The smallest absolute Gasteiger partial charge is 0.326 e. The normalized spacial score (nSPS) is 22.2. The van der Waals surface area contributed by atoms with Crippen molar-refractivity contribution < 1.29 is 24.2 Å². The number of carboxylic acid groups (broad SMARTS) is 1. The zero-order chi connectivity index (χ0) is 15.4. The van der Waals surface area contributed by atoms with Crippen LogP contribution in [0.4, 0.5) is 0 Å². The number of nitrogens with one attached hydrogen (secondary N) is 1. The lowest BCUT2D eigenvalue weighted by Crippen LogP contribution is -2.40. The van der Waals surface area contributed by atoms with Gasteiger partial charge in [-0.15, -0.1) is 0 Å². The molecule has 1 aromatic heterocycles. The Bertz CT molecular complexity index is 548. The van der Waals surface area contributed by atoms with Gasteiger partial charge < -0.3 is 19.9 Å². The van der Waals surface area contributed by atoms with Gasteiger partial charge in [-0.05, 0) is 30.5 Å². The van der Waals surface area contributed by atoms with E-state index in [-0.39, 0.29) is 13.0 Å². The van der Waals surface area contributed by atoms with Crippen molar-refractivity contribution in [1.29, 1.82) is 0 Å². The molecule has 0 saturated heterocycles. The Balaban J connectivity index is 1.89. The number of hydrogen-bond donors (Lipinski definition) is 3. The van der Waals surface area contributed by atoms with Crippen LogP contribution < -0.4 is 5.32 Å². The monoisotopic (exact) mass is 293 g/mol. The van der Waals surface area contributed by atoms with E-state index >= 15 is 0 Å². The van der Waals surface area contributed by atoms with Crippen molar-refractivity contribution in [3.05, 3.63) is 29.7 Å². The van der Waals surface area contributed by atoms with Gasteiger partial charge in [0.15, 0.2) is 0 Å². The van der Waals surface area contributed by atoms with Crippen LogP contribution in [0.5, 0.6) is 0 Å².